The molecule has 0 aliphatic rings. The standard InChI is InChI=1S/C16H15FN2O/c1-2-11-5-7-12(8-6-11)15-14(10-20)19-9-3-4-13(17)16(19)18-15/h3-9,20H,2,10H2,1H3. The van der Waals surface area contributed by atoms with Gasteiger partial charge in [0.2, 0.25) is 0 Å². The van der Waals surface area contributed by atoms with Crippen molar-refractivity contribution in [3.8, 4) is 11.3 Å². The van der Waals surface area contributed by atoms with Gasteiger partial charge in [0, 0.05) is 11.8 Å². The maximum atomic E-state index is 13.8. The van der Waals surface area contributed by atoms with Crippen molar-refractivity contribution in [3.05, 3.63) is 59.7 Å². The number of rotatable bonds is 3. The second-order valence-corrected chi connectivity index (χ2v) is 4.67. The zero-order valence-corrected chi connectivity index (χ0v) is 11.2. The zero-order valence-electron chi connectivity index (χ0n) is 11.2. The van der Waals surface area contributed by atoms with Crippen molar-refractivity contribution in [1.29, 1.82) is 0 Å². The van der Waals surface area contributed by atoms with Gasteiger partial charge in [0.25, 0.3) is 0 Å². The summed E-state index contributed by atoms with van der Waals surface area (Å²) in [5.41, 5.74) is 3.58. The van der Waals surface area contributed by atoms with Crippen LogP contribution in [0.1, 0.15) is 18.2 Å². The zero-order chi connectivity index (χ0) is 14.1. The van der Waals surface area contributed by atoms with E-state index in [0.717, 1.165) is 12.0 Å². The molecule has 0 unspecified atom stereocenters. The number of fused-ring (bicyclic) bond motifs is 1. The molecule has 0 aliphatic carbocycles. The molecule has 2 heterocycles. The second kappa shape index (κ2) is 5.06. The Balaban J connectivity index is 2.21. The summed E-state index contributed by atoms with van der Waals surface area (Å²) in [7, 11) is 0. The van der Waals surface area contributed by atoms with Gasteiger partial charge in [0.15, 0.2) is 11.5 Å². The molecule has 2 aromatic heterocycles. The summed E-state index contributed by atoms with van der Waals surface area (Å²) in [5.74, 6) is -0.390. The molecule has 0 amide bonds. The van der Waals surface area contributed by atoms with Gasteiger partial charge in [0.1, 0.15) is 0 Å². The Kier molecular flexibility index (Phi) is 3.24. The van der Waals surface area contributed by atoms with Gasteiger partial charge >= 0.3 is 0 Å². The summed E-state index contributed by atoms with van der Waals surface area (Å²) in [6.07, 6.45) is 2.67. The first kappa shape index (κ1) is 12.8. The lowest BCUT2D eigenvalue weighted by Gasteiger charge is -2.03. The topological polar surface area (TPSA) is 37.5 Å². The number of aromatic nitrogens is 2. The average molecular weight is 270 g/mol. The van der Waals surface area contributed by atoms with Gasteiger partial charge in [-0.3, -0.25) is 4.40 Å². The summed E-state index contributed by atoms with van der Waals surface area (Å²) < 4.78 is 15.4. The smallest absolute Gasteiger partial charge is 0.174 e. The van der Waals surface area contributed by atoms with E-state index in [0.29, 0.717) is 11.4 Å². The Morgan fingerprint density at radius 3 is 2.60 bits per heavy atom. The second-order valence-electron chi connectivity index (χ2n) is 4.67. The van der Waals surface area contributed by atoms with E-state index in [1.54, 1.807) is 16.7 Å². The highest BCUT2D eigenvalue weighted by atomic mass is 19.1. The van der Waals surface area contributed by atoms with Gasteiger partial charge in [-0.15, -0.1) is 0 Å². The third-order valence-electron chi connectivity index (χ3n) is 3.49. The maximum absolute atomic E-state index is 13.8. The minimum Gasteiger partial charge on any atom is -0.390 e. The molecule has 0 aliphatic heterocycles. The number of hydrogen-bond donors (Lipinski definition) is 1. The van der Waals surface area contributed by atoms with E-state index in [2.05, 4.69) is 11.9 Å². The fourth-order valence-corrected chi connectivity index (χ4v) is 2.36. The number of aliphatic hydroxyl groups is 1. The Hall–Kier alpha value is -2.20. The van der Waals surface area contributed by atoms with Crippen molar-refractivity contribution in [1.82, 2.24) is 9.38 Å². The molecule has 0 radical (unpaired) electrons. The van der Waals surface area contributed by atoms with Crippen LogP contribution >= 0.6 is 0 Å². The lowest BCUT2D eigenvalue weighted by atomic mass is 10.1. The van der Waals surface area contributed by atoms with Crippen molar-refractivity contribution in [2.45, 2.75) is 20.0 Å². The summed E-state index contributed by atoms with van der Waals surface area (Å²) in [5, 5.41) is 9.58. The summed E-state index contributed by atoms with van der Waals surface area (Å²) >= 11 is 0. The van der Waals surface area contributed by atoms with E-state index in [1.807, 2.05) is 24.3 Å². The largest absolute Gasteiger partial charge is 0.390 e. The molecule has 1 aromatic carbocycles. The molecule has 0 atom stereocenters. The highest BCUT2D eigenvalue weighted by Crippen LogP contribution is 2.26. The van der Waals surface area contributed by atoms with E-state index in [1.165, 1.54) is 11.6 Å². The van der Waals surface area contributed by atoms with Gasteiger partial charge in [-0.1, -0.05) is 31.2 Å². The molecule has 20 heavy (non-hydrogen) atoms. The van der Waals surface area contributed by atoms with E-state index in [-0.39, 0.29) is 12.3 Å². The Labute approximate surface area is 116 Å². The molecule has 0 fully saturated rings. The summed E-state index contributed by atoms with van der Waals surface area (Å²) in [6.45, 7) is 1.91. The fourth-order valence-electron chi connectivity index (χ4n) is 2.36. The van der Waals surface area contributed by atoms with Crippen LogP contribution in [0.15, 0.2) is 42.6 Å². The van der Waals surface area contributed by atoms with Crippen LogP contribution in [-0.2, 0) is 13.0 Å². The van der Waals surface area contributed by atoms with Crippen molar-refractivity contribution in [3.63, 3.8) is 0 Å². The van der Waals surface area contributed by atoms with Gasteiger partial charge in [0.05, 0.1) is 18.0 Å². The maximum Gasteiger partial charge on any atom is 0.174 e. The van der Waals surface area contributed by atoms with Gasteiger partial charge in [-0.25, -0.2) is 9.37 Å². The normalized spacial score (nSPS) is 11.2. The number of halogens is 1. The molecule has 102 valence electrons. The van der Waals surface area contributed by atoms with Crippen molar-refractivity contribution in [2.24, 2.45) is 0 Å². The van der Waals surface area contributed by atoms with E-state index < -0.39 is 5.82 Å². The van der Waals surface area contributed by atoms with Crippen LogP contribution in [0.2, 0.25) is 0 Å². The minimum absolute atomic E-state index is 0.185. The van der Waals surface area contributed by atoms with Crippen LogP contribution in [-0.4, -0.2) is 14.5 Å². The van der Waals surface area contributed by atoms with Crippen LogP contribution in [0.3, 0.4) is 0 Å². The number of benzene rings is 1. The highest BCUT2D eigenvalue weighted by Gasteiger charge is 2.15. The first-order chi connectivity index (χ1) is 9.74. The molecule has 0 saturated heterocycles. The number of pyridine rings is 1. The Morgan fingerprint density at radius 1 is 1.20 bits per heavy atom. The number of nitrogens with zero attached hydrogens (tertiary/aromatic N) is 2. The van der Waals surface area contributed by atoms with Gasteiger partial charge in [-0.2, -0.15) is 0 Å². The first-order valence-electron chi connectivity index (χ1n) is 6.60. The summed E-state index contributed by atoms with van der Waals surface area (Å²) in [4.78, 5) is 4.34. The van der Waals surface area contributed by atoms with E-state index in [4.69, 9.17) is 0 Å². The third kappa shape index (κ3) is 1.98. The minimum atomic E-state index is -0.390. The first-order valence-corrected chi connectivity index (χ1v) is 6.60. The van der Waals surface area contributed by atoms with Gasteiger partial charge < -0.3 is 5.11 Å². The lowest BCUT2D eigenvalue weighted by molar-refractivity contribution is 0.276. The number of aryl methyl sites for hydroxylation is 1. The Bertz CT molecular complexity index is 747. The average Bonchev–Trinajstić information content (AvgIpc) is 2.87. The molecule has 0 saturated carbocycles. The number of hydrogen-bond acceptors (Lipinski definition) is 2. The van der Waals surface area contributed by atoms with Crippen LogP contribution in [0.5, 0.6) is 0 Å². The predicted octanol–water partition coefficient (Wildman–Crippen LogP) is 3.20. The van der Waals surface area contributed by atoms with Crippen molar-refractivity contribution in [2.75, 3.05) is 0 Å². The third-order valence-corrected chi connectivity index (χ3v) is 3.49. The van der Waals surface area contributed by atoms with E-state index >= 15 is 0 Å². The predicted molar refractivity (Wildman–Crippen MR) is 75.9 cm³/mol. The molecule has 0 bridgehead atoms. The molecule has 1 N–H and O–H groups in total. The molecular formula is C16H15FN2O. The number of aliphatic hydroxyl groups excluding tert-OH is 1. The summed E-state index contributed by atoms with van der Waals surface area (Å²) in [6, 6.07) is 10.9. The monoisotopic (exact) mass is 270 g/mol. The lowest BCUT2D eigenvalue weighted by Crippen LogP contribution is -1.94. The number of imidazole rings is 1. The molecule has 3 aromatic rings. The molecule has 4 heteroatoms. The van der Waals surface area contributed by atoms with Crippen molar-refractivity contribution >= 4 is 5.65 Å². The molecule has 0 spiro atoms. The SMILES string of the molecule is CCc1ccc(-c2nc3c(F)cccn3c2CO)cc1. The quantitative estimate of drug-likeness (QED) is 0.793. The van der Waals surface area contributed by atoms with E-state index in [9.17, 15) is 9.50 Å². The molecular weight excluding hydrogens is 255 g/mol. The Morgan fingerprint density at radius 2 is 1.95 bits per heavy atom. The van der Waals surface area contributed by atoms with Crippen LogP contribution < -0.4 is 0 Å². The highest BCUT2D eigenvalue weighted by molar-refractivity contribution is 5.67. The van der Waals surface area contributed by atoms with Crippen LogP contribution in [0.4, 0.5) is 4.39 Å². The van der Waals surface area contributed by atoms with Crippen molar-refractivity contribution < 1.29 is 9.50 Å². The molecule has 3 nitrogen and oxygen atoms in total. The fraction of sp³-hybridized carbons (Fsp3) is 0.188. The van der Waals surface area contributed by atoms with Gasteiger partial charge in [-0.05, 0) is 24.1 Å². The van der Waals surface area contributed by atoms with Crippen LogP contribution in [0.25, 0.3) is 16.9 Å². The molecule has 3 rings (SSSR count). The van der Waals surface area contributed by atoms with Crippen LogP contribution in [0, 0.1) is 5.82 Å².